The van der Waals surface area contributed by atoms with Crippen molar-refractivity contribution >= 4 is 6.08 Å². The van der Waals surface area contributed by atoms with Crippen LogP contribution in [0.3, 0.4) is 0 Å². The highest BCUT2D eigenvalue weighted by atomic mass is 19.1. The van der Waals surface area contributed by atoms with Crippen molar-refractivity contribution in [3.05, 3.63) is 34.6 Å². The van der Waals surface area contributed by atoms with E-state index in [9.17, 15) is 4.39 Å². The number of benzene rings is 1. The quantitative estimate of drug-likeness (QED) is 0.874. The van der Waals surface area contributed by atoms with Crippen LogP contribution in [0.1, 0.15) is 29.5 Å². The third-order valence-electron chi connectivity index (χ3n) is 3.22. The van der Waals surface area contributed by atoms with Gasteiger partial charge in [-0.25, -0.2) is 4.39 Å². The van der Waals surface area contributed by atoms with Crippen molar-refractivity contribution in [1.82, 2.24) is 0 Å². The van der Waals surface area contributed by atoms with Crippen LogP contribution in [-0.4, -0.2) is 13.7 Å². The largest absolute Gasteiger partial charge is 0.496 e. The Morgan fingerprint density at radius 3 is 2.71 bits per heavy atom. The van der Waals surface area contributed by atoms with E-state index in [0.717, 1.165) is 42.6 Å². The van der Waals surface area contributed by atoms with Crippen LogP contribution in [0.15, 0.2) is 12.1 Å². The number of fused-ring (bicyclic) bond motifs is 1. The molecule has 0 unspecified atom stereocenters. The number of ether oxygens (including phenoxy) is 1. The Kier molecular flexibility index (Phi) is 3.79. The van der Waals surface area contributed by atoms with Gasteiger partial charge in [0, 0.05) is 17.7 Å². The molecule has 0 radical (unpaired) electrons. The van der Waals surface area contributed by atoms with Gasteiger partial charge in [0.05, 0.1) is 7.11 Å². The van der Waals surface area contributed by atoms with E-state index >= 15 is 0 Å². The van der Waals surface area contributed by atoms with E-state index in [2.05, 4.69) is 0 Å². The number of nitrogens with two attached hydrogens (primary N) is 1. The Hall–Kier alpha value is -1.35. The molecule has 0 bridgehead atoms. The highest BCUT2D eigenvalue weighted by Crippen LogP contribution is 2.34. The smallest absolute Gasteiger partial charge is 0.134 e. The van der Waals surface area contributed by atoms with E-state index in [4.69, 9.17) is 10.5 Å². The van der Waals surface area contributed by atoms with E-state index in [1.807, 2.05) is 0 Å². The Balaban J connectivity index is 2.52. The molecule has 0 saturated carbocycles. The van der Waals surface area contributed by atoms with Gasteiger partial charge in [-0.3, -0.25) is 0 Å². The van der Waals surface area contributed by atoms with E-state index in [1.165, 1.54) is 0 Å². The average Bonchev–Trinajstić information content (AvgIpc) is 2.38. The first-order valence-corrected chi connectivity index (χ1v) is 6.02. The second-order valence-electron chi connectivity index (χ2n) is 4.28. The van der Waals surface area contributed by atoms with Crippen molar-refractivity contribution in [2.45, 2.75) is 25.7 Å². The molecule has 1 aromatic carbocycles. The monoisotopic (exact) mass is 235 g/mol. The summed E-state index contributed by atoms with van der Waals surface area (Å²) in [6, 6.07) is 1.77. The third-order valence-corrected chi connectivity index (χ3v) is 3.22. The second-order valence-corrected chi connectivity index (χ2v) is 4.28. The number of hydrogen-bond donors (Lipinski definition) is 1. The summed E-state index contributed by atoms with van der Waals surface area (Å²) in [6.45, 7) is 0.416. The maximum atomic E-state index is 14.2. The first-order chi connectivity index (χ1) is 8.27. The highest BCUT2D eigenvalue weighted by Gasteiger charge is 2.20. The summed E-state index contributed by atoms with van der Waals surface area (Å²) in [5, 5.41) is 0. The Bertz CT molecular complexity index is 440. The molecule has 1 aromatic rings. The van der Waals surface area contributed by atoms with Crippen LogP contribution in [0, 0.1) is 5.82 Å². The summed E-state index contributed by atoms with van der Waals surface area (Å²) in [5.41, 5.74) is 7.84. The lowest BCUT2D eigenvalue weighted by molar-refractivity contribution is 0.403. The van der Waals surface area contributed by atoms with Crippen molar-refractivity contribution in [2.24, 2.45) is 5.73 Å². The molecular formula is C14H18FNO. The lowest BCUT2D eigenvalue weighted by Crippen LogP contribution is -2.09. The SMILES string of the molecule is COc1cc(/C=C/CN)c(F)c2c1CCCC2. The second kappa shape index (κ2) is 5.32. The molecule has 17 heavy (non-hydrogen) atoms. The van der Waals surface area contributed by atoms with Gasteiger partial charge in [-0.1, -0.05) is 12.2 Å². The Labute approximate surface area is 101 Å². The predicted octanol–water partition coefficient (Wildman–Crippen LogP) is 2.69. The van der Waals surface area contributed by atoms with E-state index in [1.54, 1.807) is 25.3 Å². The number of halogens is 1. The molecule has 1 aliphatic rings. The average molecular weight is 235 g/mol. The third kappa shape index (κ3) is 2.34. The fourth-order valence-corrected chi connectivity index (χ4v) is 2.38. The van der Waals surface area contributed by atoms with Crippen molar-refractivity contribution < 1.29 is 9.13 Å². The molecule has 0 aliphatic heterocycles. The fraction of sp³-hybridized carbons (Fsp3) is 0.429. The molecular weight excluding hydrogens is 217 g/mol. The van der Waals surface area contributed by atoms with Crippen molar-refractivity contribution in [3.63, 3.8) is 0 Å². The number of hydrogen-bond acceptors (Lipinski definition) is 2. The Morgan fingerprint density at radius 1 is 1.35 bits per heavy atom. The minimum absolute atomic E-state index is 0.106. The van der Waals surface area contributed by atoms with E-state index < -0.39 is 0 Å². The zero-order valence-electron chi connectivity index (χ0n) is 10.1. The van der Waals surface area contributed by atoms with Gasteiger partial charge >= 0.3 is 0 Å². The molecule has 92 valence electrons. The maximum absolute atomic E-state index is 14.2. The molecule has 3 heteroatoms. The molecule has 0 saturated heterocycles. The van der Waals surface area contributed by atoms with Crippen LogP contribution >= 0.6 is 0 Å². The Morgan fingerprint density at radius 2 is 2.06 bits per heavy atom. The first kappa shape index (κ1) is 12.1. The fourth-order valence-electron chi connectivity index (χ4n) is 2.38. The van der Waals surface area contributed by atoms with Gasteiger partial charge in [-0.05, 0) is 37.3 Å². The van der Waals surface area contributed by atoms with Crippen molar-refractivity contribution in [1.29, 1.82) is 0 Å². The molecule has 1 aliphatic carbocycles. The van der Waals surface area contributed by atoms with Crippen LogP contribution in [0.25, 0.3) is 6.08 Å². The summed E-state index contributed by atoms with van der Waals surface area (Å²) in [5.74, 6) is 0.697. The zero-order chi connectivity index (χ0) is 12.3. The zero-order valence-corrected chi connectivity index (χ0v) is 10.1. The molecule has 0 atom stereocenters. The molecule has 0 heterocycles. The lowest BCUT2D eigenvalue weighted by Gasteiger charge is -2.20. The lowest BCUT2D eigenvalue weighted by atomic mass is 9.88. The minimum atomic E-state index is -0.106. The summed E-state index contributed by atoms with van der Waals surface area (Å²) < 4.78 is 19.6. The minimum Gasteiger partial charge on any atom is -0.496 e. The molecule has 0 aromatic heterocycles. The van der Waals surface area contributed by atoms with Crippen LogP contribution in [0.4, 0.5) is 4.39 Å². The number of rotatable bonds is 3. The van der Waals surface area contributed by atoms with Gasteiger partial charge in [0.25, 0.3) is 0 Å². The van der Waals surface area contributed by atoms with Crippen LogP contribution in [0.2, 0.25) is 0 Å². The highest BCUT2D eigenvalue weighted by molar-refractivity contribution is 5.58. The van der Waals surface area contributed by atoms with Crippen LogP contribution in [0.5, 0.6) is 5.75 Å². The first-order valence-electron chi connectivity index (χ1n) is 6.02. The maximum Gasteiger partial charge on any atom is 0.134 e. The molecule has 0 fully saturated rings. The molecule has 2 nitrogen and oxygen atoms in total. The summed E-state index contributed by atoms with van der Waals surface area (Å²) in [6.07, 6.45) is 7.37. The normalized spacial score (nSPS) is 15.0. The van der Waals surface area contributed by atoms with Gasteiger partial charge < -0.3 is 10.5 Å². The van der Waals surface area contributed by atoms with E-state index in [0.29, 0.717) is 12.1 Å². The van der Waals surface area contributed by atoms with E-state index in [-0.39, 0.29) is 5.82 Å². The van der Waals surface area contributed by atoms with Crippen LogP contribution < -0.4 is 10.5 Å². The molecule has 0 amide bonds. The predicted molar refractivity (Wildman–Crippen MR) is 67.7 cm³/mol. The van der Waals surface area contributed by atoms with Gasteiger partial charge in [-0.15, -0.1) is 0 Å². The van der Waals surface area contributed by atoms with Gasteiger partial charge in [0.1, 0.15) is 11.6 Å². The summed E-state index contributed by atoms with van der Waals surface area (Å²) in [4.78, 5) is 0. The van der Waals surface area contributed by atoms with Gasteiger partial charge in [0.2, 0.25) is 0 Å². The molecule has 0 spiro atoms. The number of methoxy groups -OCH3 is 1. The molecule has 2 rings (SSSR count). The topological polar surface area (TPSA) is 35.2 Å². The van der Waals surface area contributed by atoms with Crippen molar-refractivity contribution in [3.8, 4) is 5.75 Å². The van der Waals surface area contributed by atoms with Crippen LogP contribution in [-0.2, 0) is 12.8 Å². The van der Waals surface area contributed by atoms with Crippen molar-refractivity contribution in [2.75, 3.05) is 13.7 Å². The standard InChI is InChI=1S/C14H18FNO/c1-17-13-9-10(5-4-8-16)14(15)12-7-3-2-6-11(12)13/h4-5,9H,2-3,6-8,16H2,1H3/b5-4+. The van der Waals surface area contributed by atoms with Gasteiger partial charge in [0.15, 0.2) is 0 Å². The van der Waals surface area contributed by atoms with Gasteiger partial charge in [-0.2, -0.15) is 0 Å². The molecule has 2 N–H and O–H groups in total. The summed E-state index contributed by atoms with van der Waals surface area (Å²) in [7, 11) is 1.64. The summed E-state index contributed by atoms with van der Waals surface area (Å²) >= 11 is 0.